The average Bonchev–Trinajstić information content (AvgIpc) is 2.43. The highest BCUT2D eigenvalue weighted by atomic mass is 79.9. The van der Waals surface area contributed by atoms with Crippen molar-refractivity contribution < 1.29 is 0 Å². The van der Waals surface area contributed by atoms with E-state index in [4.69, 9.17) is 16.6 Å². The molecule has 0 atom stereocenters. The SMILES string of the molecule is Cc1cccc(-c2nc(Cl)c3cc(Br)cc(C)c3n2)c1C. The summed E-state index contributed by atoms with van der Waals surface area (Å²) in [4.78, 5) is 9.22. The molecule has 21 heavy (non-hydrogen) atoms. The Bertz CT molecular complexity index is 859. The van der Waals surface area contributed by atoms with Gasteiger partial charge in [0.25, 0.3) is 0 Å². The molecule has 0 bridgehead atoms. The molecule has 0 unspecified atom stereocenters. The third-order valence-electron chi connectivity index (χ3n) is 3.75. The van der Waals surface area contributed by atoms with Gasteiger partial charge in [0, 0.05) is 15.4 Å². The molecule has 0 amide bonds. The van der Waals surface area contributed by atoms with Crippen LogP contribution in [0.25, 0.3) is 22.3 Å². The molecule has 0 aliphatic rings. The quantitative estimate of drug-likeness (QED) is 0.524. The molecule has 0 saturated heterocycles. The van der Waals surface area contributed by atoms with Gasteiger partial charge in [-0.05, 0) is 49.6 Å². The van der Waals surface area contributed by atoms with Crippen molar-refractivity contribution in [2.24, 2.45) is 0 Å². The largest absolute Gasteiger partial charge is 0.228 e. The molecular formula is C17H14BrClN2. The molecule has 3 aromatic rings. The monoisotopic (exact) mass is 360 g/mol. The summed E-state index contributed by atoms with van der Waals surface area (Å²) < 4.78 is 0.984. The second kappa shape index (κ2) is 5.39. The molecule has 4 heteroatoms. The number of hydrogen-bond acceptors (Lipinski definition) is 2. The maximum atomic E-state index is 6.38. The summed E-state index contributed by atoms with van der Waals surface area (Å²) in [5, 5.41) is 1.36. The van der Waals surface area contributed by atoms with Crippen molar-refractivity contribution in [2.75, 3.05) is 0 Å². The van der Waals surface area contributed by atoms with Crippen LogP contribution in [0.3, 0.4) is 0 Å². The Morgan fingerprint density at radius 2 is 1.76 bits per heavy atom. The van der Waals surface area contributed by atoms with Crippen molar-refractivity contribution in [3.05, 3.63) is 56.6 Å². The van der Waals surface area contributed by atoms with E-state index in [1.807, 2.05) is 31.2 Å². The number of benzene rings is 2. The molecule has 0 aliphatic heterocycles. The normalized spacial score (nSPS) is 11.1. The van der Waals surface area contributed by atoms with Gasteiger partial charge in [0.1, 0.15) is 5.15 Å². The van der Waals surface area contributed by atoms with Gasteiger partial charge in [0.2, 0.25) is 0 Å². The molecule has 0 spiro atoms. The van der Waals surface area contributed by atoms with Gasteiger partial charge < -0.3 is 0 Å². The van der Waals surface area contributed by atoms with E-state index in [9.17, 15) is 0 Å². The van der Waals surface area contributed by atoms with Crippen LogP contribution < -0.4 is 0 Å². The van der Waals surface area contributed by atoms with Crippen LogP contribution >= 0.6 is 27.5 Å². The third kappa shape index (κ3) is 2.56. The van der Waals surface area contributed by atoms with Crippen molar-refractivity contribution in [3.8, 4) is 11.4 Å². The lowest BCUT2D eigenvalue weighted by Gasteiger charge is -2.10. The Morgan fingerprint density at radius 1 is 1.00 bits per heavy atom. The molecule has 0 N–H and O–H groups in total. The minimum atomic E-state index is 0.486. The zero-order valence-corrected chi connectivity index (χ0v) is 14.4. The average molecular weight is 362 g/mol. The number of aryl methyl sites for hydroxylation is 2. The number of nitrogens with zero attached hydrogens (tertiary/aromatic N) is 2. The van der Waals surface area contributed by atoms with E-state index in [-0.39, 0.29) is 0 Å². The van der Waals surface area contributed by atoms with E-state index in [1.165, 1.54) is 11.1 Å². The summed E-state index contributed by atoms with van der Waals surface area (Å²) in [6.07, 6.45) is 0. The summed E-state index contributed by atoms with van der Waals surface area (Å²) in [6.45, 7) is 6.20. The number of halogens is 2. The smallest absolute Gasteiger partial charge is 0.161 e. The molecule has 2 nitrogen and oxygen atoms in total. The van der Waals surface area contributed by atoms with Gasteiger partial charge in [-0.1, -0.05) is 45.7 Å². The fourth-order valence-corrected chi connectivity index (χ4v) is 3.24. The summed E-state index contributed by atoms with van der Waals surface area (Å²) in [6, 6.07) is 10.1. The first-order valence-electron chi connectivity index (χ1n) is 6.67. The van der Waals surface area contributed by atoms with E-state index < -0.39 is 0 Å². The molecule has 3 rings (SSSR count). The zero-order chi connectivity index (χ0) is 15.1. The molecule has 1 aromatic heterocycles. The second-order valence-electron chi connectivity index (χ2n) is 5.20. The lowest BCUT2D eigenvalue weighted by molar-refractivity contribution is 1.19. The summed E-state index contributed by atoms with van der Waals surface area (Å²) in [7, 11) is 0. The molecular weight excluding hydrogens is 348 g/mol. The number of hydrogen-bond donors (Lipinski definition) is 0. The molecule has 0 fully saturated rings. The topological polar surface area (TPSA) is 25.8 Å². The third-order valence-corrected chi connectivity index (χ3v) is 4.50. The van der Waals surface area contributed by atoms with Crippen molar-refractivity contribution in [2.45, 2.75) is 20.8 Å². The van der Waals surface area contributed by atoms with Crippen molar-refractivity contribution in [1.29, 1.82) is 0 Å². The summed E-state index contributed by atoms with van der Waals surface area (Å²) in [5.74, 6) is 0.680. The van der Waals surface area contributed by atoms with E-state index in [1.54, 1.807) is 0 Å². The lowest BCUT2D eigenvalue weighted by Crippen LogP contribution is -1.96. The fourth-order valence-electron chi connectivity index (χ4n) is 2.44. The lowest BCUT2D eigenvalue weighted by atomic mass is 10.0. The minimum Gasteiger partial charge on any atom is -0.228 e. The van der Waals surface area contributed by atoms with E-state index in [0.29, 0.717) is 11.0 Å². The Morgan fingerprint density at radius 3 is 2.52 bits per heavy atom. The first kappa shape index (κ1) is 14.5. The number of aromatic nitrogens is 2. The van der Waals surface area contributed by atoms with Crippen LogP contribution in [-0.2, 0) is 0 Å². The fraction of sp³-hybridized carbons (Fsp3) is 0.176. The summed E-state index contributed by atoms with van der Waals surface area (Å²) >= 11 is 9.86. The van der Waals surface area contributed by atoms with Gasteiger partial charge in [-0.25, -0.2) is 9.97 Å². The van der Waals surface area contributed by atoms with Gasteiger partial charge in [0.15, 0.2) is 5.82 Å². The highest BCUT2D eigenvalue weighted by molar-refractivity contribution is 9.10. The van der Waals surface area contributed by atoms with Gasteiger partial charge in [-0.2, -0.15) is 0 Å². The maximum Gasteiger partial charge on any atom is 0.161 e. The van der Waals surface area contributed by atoms with Crippen LogP contribution in [0.4, 0.5) is 0 Å². The van der Waals surface area contributed by atoms with E-state index >= 15 is 0 Å². The van der Waals surface area contributed by atoms with Crippen molar-refractivity contribution in [1.82, 2.24) is 9.97 Å². The molecule has 2 aromatic carbocycles. The van der Waals surface area contributed by atoms with Crippen molar-refractivity contribution >= 4 is 38.4 Å². The molecule has 106 valence electrons. The molecule has 0 saturated carbocycles. The Hall–Kier alpha value is -1.45. The van der Waals surface area contributed by atoms with Crippen LogP contribution in [0.15, 0.2) is 34.8 Å². The van der Waals surface area contributed by atoms with E-state index in [0.717, 1.165) is 26.5 Å². The zero-order valence-electron chi connectivity index (χ0n) is 12.0. The van der Waals surface area contributed by atoms with Crippen LogP contribution in [0.1, 0.15) is 16.7 Å². The highest BCUT2D eigenvalue weighted by Gasteiger charge is 2.12. The first-order chi connectivity index (χ1) is 9.97. The van der Waals surface area contributed by atoms with Gasteiger partial charge in [-0.15, -0.1) is 0 Å². The molecule has 0 radical (unpaired) electrons. The summed E-state index contributed by atoms with van der Waals surface area (Å²) in [5.41, 5.74) is 5.41. The second-order valence-corrected chi connectivity index (χ2v) is 6.48. The Balaban J connectivity index is 2.33. The number of fused-ring (bicyclic) bond motifs is 1. The van der Waals surface area contributed by atoms with Gasteiger partial charge in [-0.3, -0.25) is 0 Å². The number of rotatable bonds is 1. The molecule has 0 aliphatic carbocycles. The predicted molar refractivity (Wildman–Crippen MR) is 91.9 cm³/mol. The van der Waals surface area contributed by atoms with Gasteiger partial charge >= 0.3 is 0 Å². The van der Waals surface area contributed by atoms with Crippen LogP contribution in [0.5, 0.6) is 0 Å². The van der Waals surface area contributed by atoms with Crippen LogP contribution in [-0.4, -0.2) is 9.97 Å². The van der Waals surface area contributed by atoms with Gasteiger partial charge in [0.05, 0.1) is 5.52 Å². The predicted octanol–water partition coefficient (Wildman–Crippen LogP) is 5.64. The van der Waals surface area contributed by atoms with Crippen molar-refractivity contribution in [3.63, 3.8) is 0 Å². The highest BCUT2D eigenvalue weighted by Crippen LogP contribution is 2.31. The van der Waals surface area contributed by atoms with Crippen LogP contribution in [0.2, 0.25) is 5.15 Å². The van der Waals surface area contributed by atoms with Crippen LogP contribution in [0, 0.1) is 20.8 Å². The minimum absolute atomic E-state index is 0.486. The first-order valence-corrected chi connectivity index (χ1v) is 7.84. The van der Waals surface area contributed by atoms with E-state index in [2.05, 4.69) is 40.8 Å². The Kier molecular flexibility index (Phi) is 3.72. The Labute approximate surface area is 137 Å². The maximum absolute atomic E-state index is 6.38. The standard InChI is InChI=1S/C17H14BrClN2/c1-9-5-4-6-13(11(9)3)17-20-15-10(2)7-12(18)8-14(15)16(19)21-17/h4-8H,1-3H3. The molecule has 1 heterocycles.